The van der Waals surface area contributed by atoms with Crippen LogP contribution in [0.3, 0.4) is 0 Å². The van der Waals surface area contributed by atoms with E-state index in [9.17, 15) is 4.79 Å². The molecule has 0 aromatic rings. The van der Waals surface area contributed by atoms with Gasteiger partial charge in [-0.3, -0.25) is 0 Å². The minimum Gasteiger partial charge on any atom is -0.338 e. The van der Waals surface area contributed by atoms with Gasteiger partial charge in [0, 0.05) is 0 Å². The first-order valence-electron chi connectivity index (χ1n) is 1.52. The second kappa shape index (κ2) is 6.18. The Hall–Kier alpha value is 1.18. The molecule has 0 fully saturated rings. The Balaban J connectivity index is 0. The Bertz CT molecular complexity index is 34.5. The van der Waals surface area contributed by atoms with Gasteiger partial charge in [-0.2, -0.15) is 13.8 Å². The number of carbonyl (C=O) groups excluding carboxylic acids is 1. The summed E-state index contributed by atoms with van der Waals surface area (Å²) in [6.45, 7) is 3.54. The summed E-state index contributed by atoms with van der Waals surface area (Å²) in [6, 6.07) is 0. The predicted molar refractivity (Wildman–Crippen MR) is 20.7 cm³/mol. The van der Waals surface area contributed by atoms with Crippen molar-refractivity contribution in [2.75, 3.05) is 0 Å². The van der Waals surface area contributed by atoms with Gasteiger partial charge < -0.3 is 10.7 Å². The van der Waals surface area contributed by atoms with Crippen LogP contribution in [0, 0.1) is 5.92 Å². The van der Waals surface area contributed by atoms with Gasteiger partial charge in [0.15, 0.2) is 0 Å². The average molecular weight is 110 g/mol. The third-order valence-electron chi connectivity index (χ3n) is 0.236. The quantitative estimate of drug-likeness (QED) is 0.213. The van der Waals surface area contributed by atoms with Crippen LogP contribution in [0.25, 0.3) is 0 Å². The molecule has 0 spiro atoms. The fourth-order valence-corrected chi connectivity index (χ4v) is 0. The van der Waals surface area contributed by atoms with Crippen molar-refractivity contribution in [1.82, 2.24) is 0 Å². The average Bonchev–Trinajstić information content (AvgIpc) is 1.38. The largest absolute Gasteiger partial charge is 1.00 e. The summed E-state index contributed by atoms with van der Waals surface area (Å²) >= 11 is 0. The normalized spacial score (nSPS) is 5.67. The molecule has 0 saturated heterocycles. The summed E-state index contributed by atoms with van der Waals surface area (Å²) in [6.07, 6.45) is 0.833. The van der Waals surface area contributed by atoms with E-state index in [0.717, 1.165) is 12.2 Å². The molecule has 0 aliphatic rings. The summed E-state index contributed by atoms with van der Waals surface area (Å²) in [7, 11) is 0. The maximum absolute atomic E-state index is 9.47. The van der Waals surface area contributed by atoms with Crippen LogP contribution >= 0.6 is 0 Å². The molecule has 0 radical (unpaired) electrons. The molecule has 0 unspecified atom stereocenters. The molecule has 0 aromatic carbocycles. The van der Waals surface area contributed by atoms with E-state index >= 15 is 0 Å². The molecule has 0 bridgehead atoms. The molecule has 0 amide bonds. The van der Waals surface area contributed by atoms with Crippen molar-refractivity contribution < 1.29 is 56.2 Å². The molecule has 0 rings (SSSR count). The van der Waals surface area contributed by atoms with Gasteiger partial charge in [0.1, 0.15) is 0 Å². The first-order valence-corrected chi connectivity index (χ1v) is 1.52. The minimum atomic E-state index is 0. The summed E-state index contributed by atoms with van der Waals surface area (Å²) in [5, 5.41) is 0. The van der Waals surface area contributed by atoms with Gasteiger partial charge in [-0.25, -0.2) is 0 Å². The fourth-order valence-electron chi connectivity index (χ4n) is 0. The topological polar surface area (TPSA) is 17.1 Å². The van der Waals surface area contributed by atoms with Crippen LogP contribution in [-0.2, 0) is 4.79 Å². The molecule has 0 atom stereocenters. The van der Waals surface area contributed by atoms with Gasteiger partial charge in [-0.15, -0.1) is 0 Å². The number of hydrogen-bond acceptors (Lipinski definition) is 1. The van der Waals surface area contributed by atoms with Gasteiger partial charge >= 0.3 is 51.4 Å². The maximum atomic E-state index is 9.47. The Kier molecular flexibility index (Phi) is 10.5. The van der Waals surface area contributed by atoms with E-state index in [4.69, 9.17) is 0 Å². The van der Waals surface area contributed by atoms with Gasteiger partial charge in [-0.05, 0) is 6.29 Å². The van der Waals surface area contributed by atoms with Gasteiger partial charge in [0.05, 0.1) is 0 Å². The van der Waals surface area contributed by atoms with Crippen molar-refractivity contribution in [2.45, 2.75) is 13.8 Å². The van der Waals surface area contributed by atoms with Crippen molar-refractivity contribution in [1.29, 1.82) is 0 Å². The summed E-state index contributed by atoms with van der Waals surface area (Å²) < 4.78 is 0. The molecule has 6 heavy (non-hydrogen) atoms. The molecular weight excluding hydrogens is 103 g/mol. The van der Waals surface area contributed by atoms with Crippen LogP contribution in [0.15, 0.2) is 0 Å². The third kappa shape index (κ3) is 8.95. The Labute approximate surface area is 80.9 Å². The standard InChI is InChI=1S/C4H7O.K/c1-4(2)3-5;/h3H,1-2H3;/q-1;+1. The van der Waals surface area contributed by atoms with Crippen LogP contribution in [0.1, 0.15) is 13.8 Å². The Morgan fingerprint density at radius 1 is 1.50 bits per heavy atom. The number of hydrogen-bond donors (Lipinski definition) is 0. The SMILES string of the molecule is C[C-](C)C=O.[K+]. The van der Waals surface area contributed by atoms with Crippen LogP contribution in [0.4, 0.5) is 0 Å². The van der Waals surface area contributed by atoms with E-state index in [1.807, 2.05) is 0 Å². The molecule has 1 nitrogen and oxygen atoms in total. The van der Waals surface area contributed by atoms with Crippen molar-refractivity contribution in [2.24, 2.45) is 0 Å². The zero-order chi connectivity index (χ0) is 4.28. The van der Waals surface area contributed by atoms with Crippen LogP contribution < -0.4 is 51.4 Å². The number of carbonyl (C=O) groups is 1. The van der Waals surface area contributed by atoms with E-state index in [1.54, 1.807) is 13.8 Å². The molecule has 0 aliphatic carbocycles. The minimum absolute atomic E-state index is 0. The first-order chi connectivity index (χ1) is 2.27. The molecule has 0 saturated carbocycles. The molecule has 30 valence electrons. The Morgan fingerprint density at radius 3 is 1.67 bits per heavy atom. The predicted octanol–water partition coefficient (Wildman–Crippen LogP) is -2.20. The van der Waals surface area contributed by atoms with E-state index in [2.05, 4.69) is 0 Å². The molecular formula is C4H7KO. The van der Waals surface area contributed by atoms with Crippen LogP contribution in [-0.4, -0.2) is 6.29 Å². The fraction of sp³-hybridized carbons (Fsp3) is 0.500. The van der Waals surface area contributed by atoms with Crippen LogP contribution in [0.2, 0.25) is 0 Å². The Morgan fingerprint density at radius 2 is 1.67 bits per heavy atom. The van der Waals surface area contributed by atoms with Gasteiger partial charge in [0.25, 0.3) is 0 Å². The smallest absolute Gasteiger partial charge is 0.338 e. The maximum Gasteiger partial charge on any atom is 1.00 e. The monoisotopic (exact) mass is 110 g/mol. The first kappa shape index (κ1) is 10.2. The van der Waals surface area contributed by atoms with Crippen molar-refractivity contribution in [3.63, 3.8) is 0 Å². The van der Waals surface area contributed by atoms with E-state index < -0.39 is 0 Å². The molecule has 0 heterocycles. The zero-order valence-corrected chi connectivity index (χ0v) is 7.61. The van der Waals surface area contributed by atoms with Crippen molar-refractivity contribution in [3.8, 4) is 0 Å². The van der Waals surface area contributed by atoms with E-state index in [-0.39, 0.29) is 51.4 Å². The molecule has 0 aliphatic heterocycles. The second-order valence-corrected chi connectivity index (χ2v) is 1.20. The van der Waals surface area contributed by atoms with E-state index in [0.29, 0.717) is 0 Å². The van der Waals surface area contributed by atoms with Crippen molar-refractivity contribution >= 4 is 6.29 Å². The number of rotatable bonds is 1. The zero-order valence-electron chi connectivity index (χ0n) is 4.49. The second-order valence-electron chi connectivity index (χ2n) is 1.20. The van der Waals surface area contributed by atoms with Crippen molar-refractivity contribution in [3.05, 3.63) is 5.92 Å². The summed E-state index contributed by atoms with van der Waals surface area (Å²) in [4.78, 5) is 9.47. The van der Waals surface area contributed by atoms with Gasteiger partial charge in [0.2, 0.25) is 0 Å². The molecule has 0 aromatic heterocycles. The van der Waals surface area contributed by atoms with E-state index in [1.165, 1.54) is 0 Å². The number of aldehydes is 1. The third-order valence-corrected chi connectivity index (χ3v) is 0.236. The molecule has 2 heteroatoms. The van der Waals surface area contributed by atoms with Crippen LogP contribution in [0.5, 0.6) is 0 Å². The summed E-state index contributed by atoms with van der Waals surface area (Å²) in [5.41, 5.74) is 0. The summed E-state index contributed by atoms with van der Waals surface area (Å²) in [5.74, 6) is 0.824. The van der Waals surface area contributed by atoms with Gasteiger partial charge in [-0.1, -0.05) is 0 Å². The molecule has 0 N–H and O–H groups in total.